The van der Waals surface area contributed by atoms with Crippen LogP contribution in [0.15, 0.2) is 28.8 Å². The largest absolute Gasteiger partial charge is 0.493 e. The van der Waals surface area contributed by atoms with Gasteiger partial charge in [-0.1, -0.05) is 0 Å². The van der Waals surface area contributed by atoms with Crippen molar-refractivity contribution in [3.63, 3.8) is 0 Å². The molecule has 1 heterocycles. The first-order valence-electron chi connectivity index (χ1n) is 6.05. The second kappa shape index (κ2) is 5.75. The van der Waals surface area contributed by atoms with Crippen LogP contribution < -0.4 is 14.8 Å². The summed E-state index contributed by atoms with van der Waals surface area (Å²) in [5, 5.41) is 3.09. The molecular weight excluding hydrogens is 244 g/mol. The molecule has 0 aliphatic rings. The fourth-order valence-corrected chi connectivity index (χ4v) is 1.73. The molecule has 102 valence electrons. The molecule has 1 atom stereocenters. The molecule has 0 bridgehead atoms. The first-order chi connectivity index (χ1) is 9.19. The van der Waals surface area contributed by atoms with E-state index in [1.807, 2.05) is 32.2 Å². The summed E-state index contributed by atoms with van der Waals surface area (Å²) in [6, 6.07) is 5.70. The van der Waals surface area contributed by atoms with Gasteiger partial charge in [0, 0.05) is 5.56 Å². The number of oxazole rings is 1. The number of methoxy groups -OCH3 is 2. The Bertz CT molecular complexity index is 551. The van der Waals surface area contributed by atoms with E-state index >= 15 is 0 Å². The van der Waals surface area contributed by atoms with Gasteiger partial charge >= 0.3 is 0 Å². The highest BCUT2D eigenvalue weighted by molar-refractivity contribution is 5.62. The molecule has 1 aromatic heterocycles. The minimum Gasteiger partial charge on any atom is -0.493 e. The zero-order chi connectivity index (χ0) is 13.8. The average Bonchev–Trinajstić information content (AvgIpc) is 2.95. The fraction of sp³-hybridized carbons (Fsp3) is 0.357. The standard InChI is InChI=1S/C14H18N2O3/c1-9(15-2)14-16-8-13(19-14)10-5-6-11(17-3)12(7-10)18-4/h5-9,15H,1-4H3. The number of nitrogens with one attached hydrogen (secondary N) is 1. The lowest BCUT2D eigenvalue weighted by molar-refractivity contribution is 0.355. The van der Waals surface area contributed by atoms with Gasteiger partial charge < -0.3 is 19.2 Å². The molecule has 1 unspecified atom stereocenters. The Morgan fingerprint density at radius 2 is 1.95 bits per heavy atom. The number of hydrogen-bond acceptors (Lipinski definition) is 5. The number of hydrogen-bond donors (Lipinski definition) is 1. The van der Waals surface area contributed by atoms with E-state index < -0.39 is 0 Å². The quantitative estimate of drug-likeness (QED) is 0.897. The van der Waals surface area contributed by atoms with Gasteiger partial charge in [-0.3, -0.25) is 0 Å². The van der Waals surface area contributed by atoms with Crippen molar-refractivity contribution < 1.29 is 13.9 Å². The number of ether oxygens (including phenoxy) is 2. The number of benzene rings is 1. The first kappa shape index (κ1) is 13.4. The Kier molecular flexibility index (Phi) is 4.06. The molecule has 0 saturated heterocycles. The van der Waals surface area contributed by atoms with Crippen molar-refractivity contribution in [1.29, 1.82) is 0 Å². The van der Waals surface area contributed by atoms with Crippen molar-refractivity contribution in [3.05, 3.63) is 30.3 Å². The van der Waals surface area contributed by atoms with Crippen LogP contribution in [0.3, 0.4) is 0 Å². The molecule has 0 spiro atoms. The molecule has 5 nitrogen and oxygen atoms in total. The van der Waals surface area contributed by atoms with Gasteiger partial charge in [-0.05, 0) is 32.2 Å². The lowest BCUT2D eigenvalue weighted by Gasteiger charge is -2.08. The lowest BCUT2D eigenvalue weighted by atomic mass is 10.1. The summed E-state index contributed by atoms with van der Waals surface area (Å²) in [5.41, 5.74) is 0.903. The fourth-order valence-electron chi connectivity index (χ4n) is 1.73. The van der Waals surface area contributed by atoms with E-state index in [9.17, 15) is 0 Å². The van der Waals surface area contributed by atoms with Crippen LogP contribution in [0.1, 0.15) is 18.9 Å². The molecular formula is C14H18N2O3. The van der Waals surface area contributed by atoms with Crippen molar-refractivity contribution in [3.8, 4) is 22.8 Å². The Morgan fingerprint density at radius 3 is 2.58 bits per heavy atom. The van der Waals surface area contributed by atoms with Crippen LogP contribution in [0.2, 0.25) is 0 Å². The minimum absolute atomic E-state index is 0.0777. The molecule has 0 radical (unpaired) electrons. The second-order valence-electron chi connectivity index (χ2n) is 4.14. The number of nitrogens with zero attached hydrogens (tertiary/aromatic N) is 1. The third-order valence-electron chi connectivity index (χ3n) is 3.00. The van der Waals surface area contributed by atoms with Gasteiger partial charge in [0.1, 0.15) is 0 Å². The molecule has 0 amide bonds. The van der Waals surface area contributed by atoms with E-state index in [2.05, 4.69) is 10.3 Å². The smallest absolute Gasteiger partial charge is 0.211 e. The van der Waals surface area contributed by atoms with E-state index in [-0.39, 0.29) is 6.04 Å². The Labute approximate surface area is 112 Å². The van der Waals surface area contributed by atoms with Gasteiger partial charge in [0.2, 0.25) is 5.89 Å². The van der Waals surface area contributed by atoms with Gasteiger partial charge in [0.25, 0.3) is 0 Å². The molecule has 1 aromatic carbocycles. The monoisotopic (exact) mass is 262 g/mol. The Morgan fingerprint density at radius 1 is 1.21 bits per heavy atom. The third kappa shape index (κ3) is 2.71. The van der Waals surface area contributed by atoms with E-state index in [0.29, 0.717) is 23.1 Å². The average molecular weight is 262 g/mol. The predicted molar refractivity (Wildman–Crippen MR) is 72.5 cm³/mol. The third-order valence-corrected chi connectivity index (χ3v) is 3.00. The molecule has 0 aliphatic heterocycles. The Balaban J connectivity index is 2.34. The van der Waals surface area contributed by atoms with Crippen LogP contribution in [-0.2, 0) is 0 Å². The second-order valence-corrected chi connectivity index (χ2v) is 4.14. The van der Waals surface area contributed by atoms with E-state index in [4.69, 9.17) is 13.9 Å². The lowest BCUT2D eigenvalue weighted by Crippen LogP contribution is -2.12. The van der Waals surface area contributed by atoms with Crippen LogP contribution in [-0.4, -0.2) is 26.3 Å². The summed E-state index contributed by atoms with van der Waals surface area (Å²) in [6.45, 7) is 1.99. The molecule has 2 rings (SSSR count). The van der Waals surface area contributed by atoms with E-state index in [1.165, 1.54) is 0 Å². The summed E-state index contributed by atoms with van der Waals surface area (Å²) < 4.78 is 16.2. The summed E-state index contributed by atoms with van der Waals surface area (Å²) in [6.07, 6.45) is 1.71. The highest BCUT2D eigenvalue weighted by atomic mass is 16.5. The molecule has 1 N–H and O–H groups in total. The van der Waals surface area contributed by atoms with Crippen LogP contribution in [0, 0.1) is 0 Å². The molecule has 0 aliphatic carbocycles. The maximum absolute atomic E-state index is 5.73. The molecule has 2 aromatic rings. The van der Waals surface area contributed by atoms with Crippen molar-refractivity contribution in [2.24, 2.45) is 0 Å². The van der Waals surface area contributed by atoms with Gasteiger partial charge in [-0.2, -0.15) is 0 Å². The zero-order valence-corrected chi connectivity index (χ0v) is 11.6. The first-order valence-corrected chi connectivity index (χ1v) is 6.05. The summed E-state index contributed by atoms with van der Waals surface area (Å²) in [5.74, 6) is 2.72. The van der Waals surface area contributed by atoms with Crippen molar-refractivity contribution >= 4 is 0 Å². The highest BCUT2D eigenvalue weighted by Crippen LogP contribution is 2.32. The van der Waals surface area contributed by atoms with Crippen LogP contribution in [0.25, 0.3) is 11.3 Å². The maximum Gasteiger partial charge on any atom is 0.211 e. The van der Waals surface area contributed by atoms with Crippen molar-refractivity contribution in [1.82, 2.24) is 10.3 Å². The van der Waals surface area contributed by atoms with Crippen molar-refractivity contribution in [2.45, 2.75) is 13.0 Å². The molecule has 5 heteroatoms. The topological polar surface area (TPSA) is 56.5 Å². The summed E-state index contributed by atoms with van der Waals surface area (Å²) in [7, 11) is 5.08. The summed E-state index contributed by atoms with van der Waals surface area (Å²) in [4.78, 5) is 4.26. The Hall–Kier alpha value is -2.01. The molecule has 19 heavy (non-hydrogen) atoms. The predicted octanol–water partition coefficient (Wildman–Crippen LogP) is 2.64. The van der Waals surface area contributed by atoms with Gasteiger partial charge in [-0.25, -0.2) is 4.98 Å². The van der Waals surface area contributed by atoms with Crippen LogP contribution in [0.4, 0.5) is 0 Å². The van der Waals surface area contributed by atoms with Crippen LogP contribution >= 0.6 is 0 Å². The normalized spacial score (nSPS) is 12.2. The molecule has 0 saturated carbocycles. The summed E-state index contributed by atoms with van der Waals surface area (Å²) >= 11 is 0. The van der Waals surface area contributed by atoms with Gasteiger partial charge in [0.05, 0.1) is 26.5 Å². The minimum atomic E-state index is 0.0777. The van der Waals surface area contributed by atoms with Gasteiger partial charge in [0.15, 0.2) is 17.3 Å². The van der Waals surface area contributed by atoms with Gasteiger partial charge in [-0.15, -0.1) is 0 Å². The highest BCUT2D eigenvalue weighted by Gasteiger charge is 2.13. The molecule has 0 fully saturated rings. The van der Waals surface area contributed by atoms with Crippen molar-refractivity contribution in [2.75, 3.05) is 21.3 Å². The zero-order valence-electron chi connectivity index (χ0n) is 11.6. The number of aromatic nitrogens is 1. The maximum atomic E-state index is 5.73. The SMILES string of the molecule is CNC(C)c1ncc(-c2ccc(OC)c(OC)c2)o1. The van der Waals surface area contributed by atoms with E-state index in [0.717, 1.165) is 5.56 Å². The number of rotatable bonds is 5. The van der Waals surface area contributed by atoms with E-state index in [1.54, 1.807) is 20.4 Å². The van der Waals surface area contributed by atoms with Crippen LogP contribution in [0.5, 0.6) is 11.5 Å².